The molecule has 0 radical (unpaired) electrons. The molecule has 0 heterocycles. The Hall–Kier alpha value is -2.21. The van der Waals surface area contributed by atoms with E-state index in [4.69, 9.17) is 9.90 Å². The smallest absolute Gasteiger partial charge is 0.475 e. The third-order valence-electron chi connectivity index (χ3n) is 4.66. The zero-order valence-corrected chi connectivity index (χ0v) is 19.9. The highest BCUT2D eigenvalue weighted by Gasteiger charge is 2.38. The maximum absolute atomic E-state index is 12.7. The highest BCUT2D eigenvalue weighted by atomic mass is 32.2. The minimum absolute atomic E-state index is 0.177. The van der Waals surface area contributed by atoms with Gasteiger partial charge in [-0.1, -0.05) is 43.3 Å². The van der Waals surface area contributed by atoms with Gasteiger partial charge in [-0.15, -0.1) is 0 Å². The van der Waals surface area contributed by atoms with Crippen molar-refractivity contribution < 1.29 is 36.6 Å². The molecule has 0 aliphatic rings. The number of sulfonamides is 1. The summed E-state index contributed by atoms with van der Waals surface area (Å²) in [5, 5.41) is 19.2. The van der Waals surface area contributed by atoms with Crippen LogP contribution in [0.25, 0.3) is 10.8 Å². The molecule has 2 aromatic rings. The number of nitrogens with zero attached hydrogens (tertiary/aromatic N) is 1. The summed E-state index contributed by atoms with van der Waals surface area (Å²) in [4.78, 5) is 11.2. The Morgan fingerprint density at radius 1 is 1.09 bits per heavy atom. The van der Waals surface area contributed by atoms with Crippen molar-refractivity contribution in [2.24, 2.45) is 0 Å². The monoisotopic (exact) mass is 492 g/mol. The molecular weight excluding hydrogens is 461 g/mol. The van der Waals surface area contributed by atoms with Crippen LogP contribution >= 0.6 is 0 Å². The van der Waals surface area contributed by atoms with Gasteiger partial charge in [0.05, 0.1) is 4.90 Å². The largest absolute Gasteiger partial charge is 0.490 e. The third-order valence-corrected chi connectivity index (χ3v) is 6.18. The van der Waals surface area contributed by atoms with Crippen molar-refractivity contribution in [2.75, 3.05) is 13.1 Å². The summed E-state index contributed by atoms with van der Waals surface area (Å²) in [5.74, 6) is -2.76. The Labute approximate surface area is 192 Å². The van der Waals surface area contributed by atoms with Gasteiger partial charge in [0.15, 0.2) is 0 Å². The van der Waals surface area contributed by atoms with Crippen LogP contribution in [-0.2, 0) is 14.8 Å². The fraction of sp³-hybridized carbons (Fsp3) is 0.500. The average Bonchev–Trinajstić information content (AvgIpc) is 2.70. The van der Waals surface area contributed by atoms with Crippen LogP contribution in [0.2, 0.25) is 0 Å². The van der Waals surface area contributed by atoms with Crippen LogP contribution < -0.4 is 4.72 Å². The van der Waals surface area contributed by atoms with Gasteiger partial charge in [0.2, 0.25) is 10.0 Å². The van der Waals surface area contributed by atoms with Gasteiger partial charge in [-0.3, -0.25) is 4.90 Å². The van der Waals surface area contributed by atoms with E-state index >= 15 is 0 Å². The molecular formula is C22H31F3N2O5S. The van der Waals surface area contributed by atoms with Crippen LogP contribution in [0.15, 0.2) is 47.4 Å². The first-order valence-electron chi connectivity index (χ1n) is 10.3. The molecule has 0 amide bonds. The number of hydrogen-bond acceptors (Lipinski definition) is 5. The van der Waals surface area contributed by atoms with Gasteiger partial charge >= 0.3 is 12.1 Å². The number of nitrogens with one attached hydrogen (secondary N) is 1. The van der Waals surface area contributed by atoms with E-state index in [1.807, 2.05) is 49.9 Å². The fourth-order valence-electron chi connectivity index (χ4n) is 3.16. The quantitative estimate of drug-likeness (QED) is 0.482. The number of benzene rings is 2. The van der Waals surface area contributed by atoms with Crippen molar-refractivity contribution in [1.82, 2.24) is 9.62 Å². The molecule has 1 atom stereocenters. The highest BCUT2D eigenvalue weighted by molar-refractivity contribution is 7.89. The lowest BCUT2D eigenvalue weighted by Gasteiger charge is -2.39. The summed E-state index contributed by atoms with van der Waals surface area (Å²) >= 11 is 0. The Morgan fingerprint density at radius 3 is 2.15 bits per heavy atom. The Morgan fingerprint density at radius 2 is 1.64 bits per heavy atom. The molecule has 0 fully saturated rings. The van der Waals surface area contributed by atoms with E-state index in [0.717, 1.165) is 18.4 Å². The molecule has 0 aliphatic heterocycles. The second-order valence-corrected chi connectivity index (χ2v) is 10.0. The van der Waals surface area contributed by atoms with Gasteiger partial charge < -0.3 is 10.2 Å². The maximum Gasteiger partial charge on any atom is 0.490 e. The molecule has 3 N–H and O–H groups in total. The van der Waals surface area contributed by atoms with Gasteiger partial charge in [0, 0.05) is 30.4 Å². The first-order chi connectivity index (χ1) is 15.1. The van der Waals surface area contributed by atoms with E-state index in [9.17, 15) is 26.7 Å². The molecule has 7 nitrogen and oxygen atoms in total. The van der Waals surface area contributed by atoms with Crippen molar-refractivity contribution in [3.05, 3.63) is 42.5 Å². The molecule has 186 valence electrons. The molecule has 11 heteroatoms. The number of carbonyl (C=O) groups is 1. The van der Waals surface area contributed by atoms with Crippen molar-refractivity contribution >= 4 is 26.8 Å². The number of hydrogen-bond donors (Lipinski definition) is 3. The number of alkyl halides is 3. The number of halogens is 3. The predicted octanol–water partition coefficient (Wildman–Crippen LogP) is 3.97. The lowest BCUT2D eigenvalue weighted by Crippen LogP contribution is -2.49. The lowest BCUT2D eigenvalue weighted by molar-refractivity contribution is -0.192. The number of fused-ring (bicyclic) bond motifs is 1. The number of carboxylic acids is 1. The van der Waals surface area contributed by atoms with Gasteiger partial charge in [-0.2, -0.15) is 13.2 Å². The summed E-state index contributed by atoms with van der Waals surface area (Å²) < 4.78 is 59.8. The van der Waals surface area contributed by atoms with Gasteiger partial charge in [0.25, 0.3) is 0 Å². The van der Waals surface area contributed by atoms with E-state index in [1.54, 1.807) is 18.2 Å². The minimum atomic E-state index is -5.08. The van der Waals surface area contributed by atoms with Gasteiger partial charge in [-0.05, 0) is 38.6 Å². The van der Waals surface area contributed by atoms with Crippen LogP contribution in [0.4, 0.5) is 13.2 Å². The van der Waals surface area contributed by atoms with Crippen LogP contribution in [-0.4, -0.2) is 60.5 Å². The van der Waals surface area contributed by atoms with E-state index in [-0.39, 0.29) is 17.0 Å². The maximum atomic E-state index is 12.7. The zero-order valence-electron chi connectivity index (χ0n) is 19.1. The standard InChI is InChI=1S/C20H30N2O3S.C2HF3O2/c1-5-15-22(20(2,3)4)19(23)13-14-21-26(24,25)18-12-8-10-16-9-6-7-11-17(16)18;3-2(4,5)1(6)7/h6-12,19,21,23H,5,13-15H2,1-4H3;(H,6,7)/t19-;/m1./s1. The molecule has 0 aliphatic carbocycles. The molecule has 0 spiro atoms. The van der Waals surface area contributed by atoms with Gasteiger partial charge in [-0.25, -0.2) is 17.9 Å². The molecule has 2 rings (SSSR count). The normalized spacial score (nSPS) is 13.5. The van der Waals surface area contributed by atoms with Gasteiger partial charge in [0.1, 0.15) is 6.23 Å². The van der Waals surface area contributed by atoms with E-state index in [2.05, 4.69) is 11.6 Å². The molecule has 0 unspecified atom stereocenters. The topological polar surface area (TPSA) is 107 Å². The molecule has 0 saturated heterocycles. The molecule has 33 heavy (non-hydrogen) atoms. The summed E-state index contributed by atoms with van der Waals surface area (Å²) in [6.07, 6.45) is -4.51. The second-order valence-electron chi connectivity index (χ2n) is 8.31. The molecule has 0 bridgehead atoms. The Kier molecular flexibility index (Phi) is 10.3. The first kappa shape index (κ1) is 28.8. The summed E-state index contributed by atoms with van der Waals surface area (Å²) in [5.41, 5.74) is -0.177. The van der Waals surface area contributed by atoms with Crippen molar-refractivity contribution in [1.29, 1.82) is 0 Å². The van der Waals surface area contributed by atoms with Crippen LogP contribution in [0.3, 0.4) is 0 Å². The molecule has 0 saturated carbocycles. The summed E-state index contributed by atoms with van der Waals surface area (Å²) in [7, 11) is -3.64. The summed E-state index contributed by atoms with van der Waals surface area (Å²) in [6, 6.07) is 12.7. The zero-order chi connectivity index (χ0) is 25.4. The van der Waals surface area contributed by atoms with Crippen molar-refractivity contribution in [3.8, 4) is 0 Å². The summed E-state index contributed by atoms with van der Waals surface area (Å²) in [6.45, 7) is 9.16. The third kappa shape index (κ3) is 8.92. The number of aliphatic hydroxyl groups is 1. The predicted molar refractivity (Wildman–Crippen MR) is 120 cm³/mol. The van der Waals surface area contributed by atoms with Crippen LogP contribution in [0, 0.1) is 0 Å². The van der Waals surface area contributed by atoms with E-state index in [1.165, 1.54) is 0 Å². The fourth-order valence-corrected chi connectivity index (χ4v) is 4.43. The number of aliphatic carboxylic acids is 1. The van der Waals surface area contributed by atoms with Crippen LogP contribution in [0.1, 0.15) is 40.5 Å². The van der Waals surface area contributed by atoms with Crippen molar-refractivity contribution in [2.45, 2.75) is 63.4 Å². The highest BCUT2D eigenvalue weighted by Crippen LogP contribution is 2.23. The van der Waals surface area contributed by atoms with E-state index < -0.39 is 28.4 Å². The number of rotatable bonds is 8. The second kappa shape index (κ2) is 11.8. The van der Waals surface area contributed by atoms with E-state index in [0.29, 0.717) is 11.8 Å². The molecule has 2 aromatic carbocycles. The van der Waals surface area contributed by atoms with Crippen LogP contribution in [0.5, 0.6) is 0 Å². The van der Waals surface area contributed by atoms with Crippen molar-refractivity contribution in [3.63, 3.8) is 0 Å². The SMILES string of the molecule is CCCN([C@H](O)CCNS(=O)(=O)c1cccc2ccccc12)C(C)(C)C.O=C(O)C(F)(F)F. The first-order valence-corrected chi connectivity index (χ1v) is 11.8. The average molecular weight is 493 g/mol. The number of carboxylic acid groups (broad SMARTS) is 1. The minimum Gasteiger partial charge on any atom is -0.475 e. The molecule has 0 aromatic heterocycles. The lowest BCUT2D eigenvalue weighted by atomic mass is 10.0. The Bertz CT molecular complexity index is 1020. The Balaban J connectivity index is 0.000000675. The number of aliphatic hydroxyl groups excluding tert-OH is 1.